The van der Waals surface area contributed by atoms with Crippen molar-refractivity contribution in [2.75, 3.05) is 7.11 Å². The first-order valence-corrected chi connectivity index (χ1v) is 10.5. The minimum atomic E-state index is -1.86. The Bertz CT molecular complexity index is 401. The van der Waals surface area contributed by atoms with Crippen molar-refractivity contribution in [3.63, 3.8) is 0 Å². The molecule has 0 aliphatic carbocycles. The van der Waals surface area contributed by atoms with Crippen molar-refractivity contribution in [2.24, 2.45) is 0 Å². The number of hydrogen-bond donors (Lipinski definition) is 1. The molecule has 0 unspecified atom stereocenters. The molecule has 122 valence electrons. The van der Waals surface area contributed by atoms with E-state index in [1.54, 1.807) is 0 Å². The summed E-state index contributed by atoms with van der Waals surface area (Å²) in [5.74, 6) is -0.206. The lowest BCUT2D eigenvalue weighted by atomic mass is 10.0. The predicted octanol–water partition coefficient (Wildman–Crippen LogP) is 3.25. The van der Waals surface area contributed by atoms with Gasteiger partial charge in [-0.2, -0.15) is 0 Å². The van der Waals surface area contributed by atoms with Gasteiger partial charge in [-0.25, -0.2) is 0 Å². The highest BCUT2D eigenvalue weighted by molar-refractivity contribution is 6.74. The Morgan fingerprint density at radius 2 is 1.95 bits per heavy atom. The summed E-state index contributed by atoms with van der Waals surface area (Å²) in [4.78, 5) is 11.8. The van der Waals surface area contributed by atoms with Crippen molar-refractivity contribution >= 4 is 14.3 Å². The number of carbonyl (C=O) groups is 1. The molecule has 1 aliphatic heterocycles. The first-order chi connectivity index (χ1) is 9.48. The van der Waals surface area contributed by atoms with Gasteiger partial charge in [0.1, 0.15) is 6.04 Å². The molecule has 0 bridgehead atoms. The Labute approximate surface area is 130 Å². The molecular weight excluding hydrogens is 282 g/mol. The second-order valence-electron chi connectivity index (χ2n) is 7.66. The largest absolute Gasteiger partial charge is 0.468 e. The average molecular weight is 314 g/mol. The smallest absolute Gasteiger partial charge is 0.322 e. The lowest BCUT2D eigenvalue weighted by Gasteiger charge is -2.39. The molecule has 5 heteroatoms. The summed E-state index contributed by atoms with van der Waals surface area (Å²) in [6, 6.07) is -0.130. The van der Waals surface area contributed by atoms with Crippen LogP contribution in [0, 0.1) is 0 Å². The van der Waals surface area contributed by atoms with E-state index in [0.29, 0.717) is 6.42 Å². The summed E-state index contributed by atoms with van der Waals surface area (Å²) in [6.45, 7) is 17.2. The van der Waals surface area contributed by atoms with Crippen molar-refractivity contribution in [1.29, 1.82) is 0 Å². The van der Waals surface area contributed by atoms with Crippen LogP contribution in [-0.4, -0.2) is 39.6 Å². The molecule has 1 heterocycles. The molecule has 21 heavy (non-hydrogen) atoms. The summed E-state index contributed by atoms with van der Waals surface area (Å²) < 4.78 is 11.4. The van der Waals surface area contributed by atoms with Gasteiger partial charge in [-0.15, -0.1) is 6.58 Å². The fraction of sp³-hybridized carbons (Fsp3) is 0.812. The molecule has 1 fully saturated rings. The maximum atomic E-state index is 11.8. The fourth-order valence-corrected chi connectivity index (χ4v) is 3.76. The van der Waals surface area contributed by atoms with Crippen LogP contribution in [0.1, 0.15) is 40.5 Å². The van der Waals surface area contributed by atoms with Crippen LogP contribution in [0.4, 0.5) is 0 Å². The van der Waals surface area contributed by atoms with Crippen LogP contribution in [0.3, 0.4) is 0 Å². The number of methoxy groups -OCH3 is 1. The van der Waals surface area contributed by atoms with E-state index in [9.17, 15) is 4.79 Å². The van der Waals surface area contributed by atoms with Crippen LogP contribution >= 0.6 is 0 Å². The second kappa shape index (κ2) is 6.63. The van der Waals surface area contributed by atoms with Gasteiger partial charge in [0.05, 0.1) is 13.2 Å². The van der Waals surface area contributed by atoms with Gasteiger partial charge in [0.15, 0.2) is 8.32 Å². The Morgan fingerprint density at radius 1 is 1.38 bits per heavy atom. The molecule has 0 amide bonds. The van der Waals surface area contributed by atoms with Crippen LogP contribution in [0.2, 0.25) is 18.1 Å². The van der Waals surface area contributed by atoms with E-state index < -0.39 is 8.32 Å². The van der Waals surface area contributed by atoms with E-state index in [4.69, 9.17) is 9.16 Å². The molecule has 0 saturated carbocycles. The van der Waals surface area contributed by atoms with E-state index in [-0.39, 0.29) is 29.2 Å². The Morgan fingerprint density at radius 3 is 2.38 bits per heavy atom. The normalized spacial score (nSPS) is 26.7. The summed E-state index contributed by atoms with van der Waals surface area (Å²) in [7, 11) is -0.429. The summed E-state index contributed by atoms with van der Waals surface area (Å²) in [6.07, 6.45) is 1.55. The lowest BCUT2D eigenvalue weighted by Crippen LogP contribution is -2.47. The number of nitrogens with one attached hydrogen (secondary N) is 1. The molecule has 1 saturated heterocycles. The molecule has 0 radical (unpaired) electrons. The first-order valence-electron chi connectivity index (χ1n) is 7.64. The van der Waals surface area contributed by atoms with Gasteiger partial charge in [0, 0.05) is 6.04 Å². The third kappa shape index (κ3) is 4.66. The zero-order valence-corrected chi connectivity index (χ0v) is 15.6. The molecule has 1 rings (SSSR count). The topological polar surface area (TPSA) is 47.6 Å². The second-order valence-corrected chi connectivity index (χ2v) is 12.4. The zero-order valence-electron chi connectivity index (χ0n) is 14.6. The van der Waals surface area contributed by atoms with Gasteiger partial charge in [0.25, 0.3) is 0 Å². The van der Waals surface area contributed by atoms with Gasteiger partial charge in [-0.1, -0.05) is 26.3 Å². The molecule has 0 aromatic carbocycles. The predicted molar refractivity (Wildman–Crippen MR) is 88.8 cm³/mol. The van der Waals surface area contributed by atoms with Crippen molar-refractivity contribution in [2.45, 2.75) is 76.9 Å². The molecule has 0 spiro atoms. The highest BCUT2D eigenvalue weighted by Crippen LogP contribution is 2.39. The quantitative estimate of drug-likeness (QED) is 0.481. The van der Waals surface area contributed by atoms with E-state index in [2.05, 4.69) is 45.8 Å². The monoisotopic (exact) mass is 313 g/mol. The van der Waals surface area contributed by atoms with E-state index in [1.165, 1.54) is 7.11 Å². The highest BCUT2D eigenvalue weighted by Gasteiger charge is 2.45. The summed E-state index contributed by atoms with van der Waals surface area (Å²) >= 11 is 0. The fourth-order valence-electron chi connectivity index (χ4n) is 2.39. The van der Waals surface area contributed by atoms with Gasteiger partial charge in [-0.3, -0.25) is 10.1 Å². The van der Waals surface area contributed by atoms with Gasteiger partial charge in [0.2, 0.25) is 0 Å². The minimum absolute atomic E-state index is 0.0479. The minimum Gasteiger partial charge on any atom is -0.468 e. The van der Waals surface area contributed by atoms with Crippen LogP contribution in [0.5, 0.6) is 0 Å². The van der Waals surface area contributed by atoms with Gasteiger partial charge in [-0.05, 0) is 37.9 Å². The van der Waals surface area contributed by atoms with Crippen molar-refractivity contribution in [3.8, 4) is 0 Å². The molecular formula is C16H31NO3Si. The number of hydrogen-bond acceptors (Lipinski definition) is 4. The number of rotatable bonds is 5. The van der Waals surface area contributed by atoms with Crippen molar-refractivity contribution in [1.82, 2.24) is 5.32 Å². The van der Waals surface area contributed by atoms with E-state index in [1.807, 2.05) is 6.92 Å². The average Bonchev–Trinajstić information content (AvgIpc) is 2.68. The zero-order chi connectivity index (χ0) is 16.4. The molecule has 0 aromatic heterocycles. The SMILES string of the molecule is C=C(C)C[C@H]1N[C@H](C(=O)OC)C[C@@H]1O[Si](C)(C)C(C)(C)C. The van der Waals surface area contributed by atoms with Crippen molar-refractivity contribution in [3.05, 3.63) is 12.2 Å². The Hall–Kier alpha value is -0.653. The maximum Gasteiger partial charge on any atom is 0.322 e. The highest BCUT2D eigenvalue weighted by atomic mass is 28.4. The molecule has 0 aromatic rings. The standard InChI is InChI=1S/C16H31NO3Si/c1-11(2)9-12-14(10-13(17-12)15(18)19-6)20-21(7,8)16(3,4)5/h12-14,17H,1,9-10H2,2-8H3/t12-,13+,14+/m1/s1. The molecule has 4 nitrogen and oxygen atoms in total. The van der Waals surface area contributed by atoms with Crippen molar-refractivity contribution < 1.29 is 14.0 Å². The lowest BCUT2D eigenvalue weighted by molar-refractivity contribution is -0.142. The molecule has 1 N–H and O–H groups in total. The molecule has 1 aliphatic rings. The first kappa shape index (κ1) is 18.4. The van der Waals surface area contributed by atoms with E-state index >= 15 is 0 Å². The van der Waals surface area contributed by atoms with E-state index in [0.717, 1.165) is 12.0 Å². The summed E-state index contributed by atoms with van der Waals surface area (Å²) in [5.41, 5.74) is 1.10. The summed E-state index contributed by atoms with van der Waals surface area (Å²) in [5, 5.41) is 3.52. The third-order valence-electron chi connectivity index (χ3n) is 4.64. The van der Waals surface area contributed by atoms with Crippen LogP contribution < -0.4 is 5.32 Å². The Balaban J connectivity index is 2.85. The van der Waals surface area contributed by atoms with Gasteiger partial charge >= 0.3 is 5.97 Å². The Kier molecular flexibility index (Phi) is 5.81. The number of carbonyl (C=O) groups excluding carboxylic acids is 1. The van der Waals surface area contributed by atoms with Crippen LogP contribution in [0.15, 0.2) is 12.2 Å². The third-order valence-corrected chi connectivity index (χ3v) is 9.14. The van der Waals surface area contributed by atoms with Crippen LogP contribution in [0.25, 0.3) is 0 Å². The maximum absolute atomic E-state index is 11.8. The number of ether oxygens (including phenoxy) is 1. The molecule has 3 atom stereocenters. The van der Waals surface area contributed by atoms with Gasteiger partial charge < -0.3 is 9.16 Å². The van der Waals surface area contributed by atoms with Crippen LogP contribution in [-0.2, 0) is 14.0 Å². The number of esters is 1.